The van der Waals surface area contributed by atoms with Crippen LogP contribution in [0.4, 0.5) is 0 Å². The van der Waals surface area contributed by atoms with E-state index in [9.17, 15) is 5.11 Å². The van der Waals surface area contributed by atoms with Crippen LogP contribution in [0.5, 0.6) is 0 Å². The number of aliphatic hydroxyl groups is 1. The van der Waals surface area contributed by atoms with Crippen LogP contribution in [0.2, 0.25) is 0 Å². The van der Waals surface area contributed by atoms with E-state index in [0.717, 1.165) is 32.4 Å². The maximum Gasteiger partial charge on any atom is 0.0698 e. The lowest BCUT2D eigenvalue weighted by Gasteiger charge is -2.39. The van der Waals surface area contributed by atoms with E-state index < -0.39 is 0 Å². The van der Waals surface area contributed by atoms with Crippen LogP contribution in [0.25, 0.3) is 0 Å². The number of hydrogen-bond acceptors (Lipinski definition) is 4. The van der Waals surface area contributed by atoms with Crippen molar-refractivity contribution in [2.75, 3.05) is 26.8 Å². The van der Waals surface area contributed by atoms with E-state index in [1.807, 2.05) is 0 Å². The van der Waals surface area contributed by atoms with E-state index in [1.165, 1.54) is 0 Å². The molecular formula is C13H28N2O2. The molecule has 1 saturated heterocycles. The molecule has 0 spiro atoms. The van der Waals surface area contributed by atoms with Gasteiger partial charge in [-0.1, -0.05) is 13.8 Å². The van der Waals surface area contributed by atoms with Gasteiger partial charge >= 0.3 is 0 Å². The Morgan fingerprint density at radius 3 is 2.71 bits per heavy atom. The maximum absolute atomic E-state index is 9.56. The van der Waals surface area contributed by atoms with Gasteiger partial charge in [-0.05, 0) is 31.7 Å². The van der Waals surface area contributed by atoms with Crippen molar-refractivity contribution in [1.82, 2.24) is 4.90 Å². The molecule has 1 aliphatic rings. The van der Waals surface area contributed by atoms with Gasteiger partial charge < -0.3 is 15.6 Å². The Kier molecular flexibility index (Phi) is 6.41. The first-order valence-corrected chi connectivity index (χ1v) is 6.71. The van der Waals surface area contributed by atoms with Gasteiger partial charge in [-0.2, -0.15) is 0 Å². The Hall–Kier alpha value is -0.160. The van der Waals surface area contributed by atoms with Crippen molar-refractivity contribution >= 4 is 0 Å². The molecule has 0 aromatic rings. The minimum Gasteiger partial charge on any atom is -0.395 e. The van der Waals surface area contributed by atoms with Gasteiger partial charge in [0.25, 0.3) is 0 Å². The minimum absolute atomic E-state index is 0.0515. The van der Waals surface area contributed by atoms with Gasteiger partial charge in [0.05, 0.1) is 12.7 Å². The average Bonchev–Trinajstić information content (AvgIpc) is 2.29. The van der Waals surface area contributed by atoms with Crippen molar-refractivity contribution in [1.29, 1.82) is 0 Å². The molecule has 17 heavy (non-hydrogen) atoms. The van der Waals surface area contributed by atoms with Crippen LogP contribution < -0.4 is 5.73 Å². The van der Waals surface area contributed by atoms with Crippen molar-refractivity contribution in [3.63, 3.8) is 0 Å². The molecule has 3 unspecified atom stereocenters. The lowest BCUT2D eigenvalue weighted by Crippen LogP contribution is -2.54. The second-order valence-electron chi connectivity index (χ2n) is 5.54. The van der Waals surface area contributed by atoms with Crippen LogP contribution in [0.15, 0.2) is 0 Å². The largest absolute Gasteiger partial charge is 0.395 e. The fraction of sp³-hybridized carbons (Fsp3) is 1.00. The van der Waals surface area contributed by atoms with Crippen LogP contribution >= 0.6 is 0 Å². The number of ether oxygens (including phenoxy) is 1. The molecule has 0 aromatic heterocycles. The molecule has 0 radical (unpaired) electrons. The summed E-state index contributed by atoms with van der Waals surface area (Å²) in [5, 5.41) is 9.56. The SMILES string of the molecule is COC1CCCN(C(CO)C(N)CC(C)C)C1. The quantitative estimate of drug-likeness (QED) is 0.726. The molecule has 0 amide bonds. The minimum atomic E-state index is 0.0515. The van der Waals surface area contributed by atoms with Crippen molar-refractivity contribution in [3.8, 4) is 0 Å². The monoisotopic (exact) mass is 244 g/mol. The zero-order chi connectivity index (χ0) is 12.8. The summed E-state index contributed by atoms with van der Waals surface area (Å²) in [6.07, 6.45) is 3.50. The normalized spacial score (nSPS) is 26.1. The average molecular weight is 244 g/mol. The molecule has 4 nitrogen and oxygen atoms in total. The van der Waals surface area contributed by atoms with Gasteiger partial charge in [-0.15, -0.1) is 0 Å². The molecule has 0 saturated carbocycles. The lowest BCUT2D eigenvalue weighted by molar-refractivity contribution is -0.00407. The molecule has 1 heterocycles. The second-order valence-corrected chi connectivity index (χ2v) is 5.54. The number of methoxy groups -OCH3 is 1. The van der Waals surface area contributed by atoms with Gasteiger partial charge in [0, 0.05) is 25.7 Å². The van der Waals surface area contributed by atoms with Gasteiger partial charge in [-0.25, -0.2) is 0 Å². The lowest BCUT2D eigenvalue weighted by atomic mass is 9.95. The predicted molar refractivity (Wildman–Crippen MR) is 69.9 cm³/mol. The summed E-state index contributed by atoms with van der Waals surface area (Å²) in [6, 6.07) is 0.131. The molecule has 1 rings (SSSR count). The molecule has 102 valence electrons. The number of nitrogens with zero attached hydrogens (tertiary/aromatic N) is 1. The zero-order valence-electron chi connectivity index (χ0n) is 11.4. The van der Waals surface area contributed by atoms with Crippen molar-refractivity contribution in [2.24, 2.45) is 11.7 Å². The van der Waals surface area contributed by atoms with Crippen LogP contribution in [0.3, 0.4) is 0 Å². The van der Waals surface area contributed by atoms with E-state index in [1.54, 1.807) is 7.11 Å². The topological polar surface area (TPSA) is 58.7 Å². The number of piperidine rings is 1. The Morgan fingerprint density at radius 1 is 1.47 bits per heavy atom. The summed E-state index contributed by atoms with van der Waals surface area (Å²) < 4.78 is 5.41. The summed E-state index contributed by atoms with van der Waals surface area (Å²) in [4.78, 5) is 2.30. The summed E-state index contributed by atoms with van der Waals surface area (Å²) in [6.45, 7) is 6.40. The molecular weight excluding hydrogens is 216 g/mol. The van der Waals surface area contributed by atoms with Crippen LogP contribution in [-0.2, 0) is 4.74 Å². The van der Waals surface area contributed by atoms with Gasteiger partial charge in [0.15, 0.2) is 0 Å². The van der Waals surface area contributed by atoms with Crippen LogP contribution in [0.1, 0.15) is 33.1 Å². The highest BCUT2D eigenvalue weighted by atomic mass is 16.5. The third-order valence-electron chi connectivity index (χ3n) is 3.64. The van der Waals surface area contributed by atoms with E-state index in [-0.39, 0.29) is 18.7 Å². The highest BCUT2D eigenvalue weighted by Gasteiger charge is 2.29. The summed E-state index contributed by atoms with van der Waals surface area (Å²) in [5.41, 5.74) is 6.20. The number of nitrogens with two attached hydrogens (primary N) is 1. The standard InChI is InChI=1S/C13H28N2O2/c1-10(2)7-12(14)13(9-16)15-6-4-5-11(8-15)17-3/h10-13,16H,4-9,14H2,1-3H3. The van der Waals surface area contributed by atoms with E-state index in [2.05, 4.69) is 18.7 Å². The Balaban J connectivity index is 2.53. The molecule has 3 atom stereocenters. The Bertz CT molecular complexity index is 212. The second kappa shape index (κ2) is 7.31. The Morgan fingerprint density at radius 2 is 2.18 bits per heavy atom. The molecule has 0 aliphatic carbocycles. The first-order valence-electron chi connectivity index (χ1n) is 6.71. The number of likely N-dealkylation sites (tertiary alicyclic amines) is 1. The van der Waals surface area contributed by atoms with Gasteiger partial charge in [-0.3, -0.25) is 4.90 Å². The van der Waals surface area contributed by atoms with Gasteiger partial charge in [0.1, 0.15) is 0 Å². The van der Waals surface area contributed by atoms with Crippen molar-refractivity contribution in [2.45, 2.75) is 51.3 Å². The molecule has 0 aromatic carbocycles. The molecule has 0 bridgehead atoms. The maximum atomic E-state index is 9.56. The molecule has 3 N–H and O–H groups in total. The zero-order valence-corrected chi connectivity index (χ0v) is 11.4. The molecule has 1 fully saturated rings. The fourth-order valence-electron chi connectivity index (χ4n) is 2.68. The Labute approximate surface area is 105 Å². The summed E-state index contributed by atoms with van der Waals surface area (Å²) in [5.74, 6) is 0.571. The highest BCUT2D eigenvalue weighted by molar-refractivity contribution is 4.86. The number of aliphatic hydroxyl groups excluding tert-OH is 1. The van der Waals surface area contributed by atoms with E-state index >= 15 is 0 Å². The van der Waals surface area contributed by atoms with Gasteiger partial charge in [0.2, 0.25) is 0 Å². The van der Waals surface area contributed by atoms with Crippen LogP contribution in [0, 0.1) is 5.92 Å². The smallest absolute Gasteiger partial charge is 0.0698 e. The number of rotatable bonds is 6. The predicted octanol–water partition coefficient (Wildman–Crippen LogP) is 0.832. The first kappa shape index (κ1) is 14.9. The third kappa shape index (κ3) is 4.54. The fourth-order valence-corrected chi connectivity index (χ4v) is 2.68. The highest BCUT2D eigenvalue weighted by Crippen LogP contribution is 2.18. The summed E-state index contributed by atoms with van der Waals surface area (Å²) >= 11 is 0. The van der Waals surface area contributed by atoms with Crippen molar-refractivity contribution < 1.29 is 9.84 Å². The summed E-state index contributed by atoms with van der Waals surface area (Å²) in [7, 11) is 1.76. The third-order valence-corrected chi connectivity index (χ3v) is 3.64. The first-order chi connectivity index (χ1) is 8.08. The van der Waals surface area contributed by atoms with E-state index in [0.29, 0.717) is 12.0 Å². The number of hydrogen-bond donors (Lipinski definition) is 2. The van der Waals surface area contributed by atoms with E-state index in [4.69, 9.17) is 10.5 Å². The molecule has 1 aliphatic heterocycles. The van der Waals surface area contributed by atoms with Crippen molar-refractivity contribution in [3.05, 3.63) is 0 Å². The van der Waals surface area contributed by atoms with Crippen LogP contribution in [-0.4, -0.2) is 55.0 Å². The molecule has 4 heteroatoms.